The van der Waals surface area contributed by atoms with Crippen molar-refractivity contribution in [3.63, 3.8) is 0 Å². The molecule has 0 aliphatic heterocycles. The average molecular weight is 572 g/mol. The first kappa shape index (κ1) is 30.3. The molecule has 0 bridgehead atoms. The van der Waals surface area contributed by atoms with E-state index in [1.165, 1.54) is 0 Å². The average Bonchev–Trinajstić information content (AvgIpc) is 2.91. The van der Waals surface area contributed by atoms with Gasteiger partial charge >= 0.3 is 5.97 Å². The van der Waals surface area contributed by atoms with Crippen LogP contribution in [-0.2, 0) is 11.2 Å². The van der Waals surface area contributed by atoms with Gasteiger partial charge in [-0.2, -0.15) is 0 Å². The minimum Gasteiger partial charge on any atom is -0.494 e. The van der Waals surface area contributed by atoms with Crippen molar-refractivity contribution in [2.45, 2.75) is 44.9 Å². The molecule has 8 heteroatoms. The van der Waals surface area contributed by atoms with Crippen LogP contribution in [0.2, 0.25) is 10.0 Å². The fourth-order valence-electron chi connectivity index (χ4n) is 3.97. The zero-order valence-electron chi connectivity index (χ0n) is 22.6. The second-order valence-electron chi connectivity index (χ2n) is 9.51. The Kier molecular flexibility index (Phi) is 12.5. The largest absolute Gasteiger partial charge is 0.494 e. The molecule has 6 nitrogen and oxygen atoms in total. The Morgan fingerprint density at radius 3 is 2.00 bits per heavy atom. The molecule has 1 N–H and O–H groups in total. The molecule has 0 aliphatic carbocycles. The van der Waals surface area contributed by atoms with E-state index in [1.54, 1.807) is 42.5 Å². The van der Waals surface area contributed by atoms with Gasteiger partial charge in [-0.25, -0.2) is 4.79 Å². The summed E-state index contributed by atoms with van der Waals surface area (Å²) in [4.78, 5) is 26.6. The van der Waals surface area contributed by atoms with E-state index in [-0.39, 0.29) is 21.5 Å². The smallest absolute Gasteiger partial charge is 0.346 e. The number of ether oxygens (including phenoxy) is 2. The van der Waals surface area contributed by atoms with E-state index >= 15 is 0 Å². The number of carbonyl (C=O) groups excluding carboxylic acids is 2. The molecule has 1 amide bonds. The highest BCUT2D eigenvalue weighted by Gasteiger charge is 2.16. The monoisotopic (exact) mass is 570 g/mol. The van der Waals surface area contributed by atoms with E-state index in [1.807, 2.05) is 43.3 Å². The molecule has 0 radical (unpaired) electrons. The number of carbonyl (C=O) groups is 2. The van der Waals surface area contributed by atoms with Crippen molar-refractivity contribution in [2.24, 2.45) is 0 Å². The molecule has 3 aromatic carbocycles. The second kappa shape index (κ2) is 16.0. The number of hydrogen-bond acceptors (Lipinski definition) is 5. The molecule has 0 aliphatic rings. The Balaban J connectivity index is 1.21. The Morgan fingerprint density at radius 1 is 0.769 bits per heavy atom. The highest BCUT2D eigenvalue weighted by Crippen LogP contribution is 2.26. The van der Waals surface area contributed by atoms with Gasteiger partial charge in [-0.1, -0.05) is 67.1 Å². The maximum absolute atomic E-state index is 12.4. The van der Waals surface area contributed by atoms with Gasteiger partial charge < -0.3 is 19.7 Å². The minimum atomic E-state index is -0.604. The van der Waals surface area contributed by atoms with Gasteiger partial charge in [0, 0.05) is 26.3 Å². The lowest BCUT2D eigenvalue weighted by Gasteiger charge is -2.12. The molecule has 0 heterocycles. The predicted molar refractivity (Wildman–Crippen MR) is 159 cm³/mol. The van der Waals surface area contributed by atoms with Crippen molar-refractivity contribution in [1.82, 2.24) is 5.32 Å². The summed E-state index contributed by atoms with van der Waals surface area (Å²) in [5, 5.41) is 3.51. The van der Waals surface area contributed by atoms with Crippen molar-refractivity contribution in [3.05, 3.63) is 87.9 Å². The van der Waals surface area contributed by atoms with Crippen LogP contribution in [0.5, 0.6) is 11.5 Å². The number of anilines is 1. The molecule has 3 aromatic rings. The summed E-state index contributed by atoms with van der Waals surface area (Å²) < 4.78 is 11.2. The van der Waals surface area contributed by atoms with E-state index in [4.69, 9.17) is 32.7 Å². The highest BCUT2D eigenvalue weighted by molar-refractivity contribution is 6.39. The Bertz CT molecular complexity index is 1180. The first-order chi connectivity index (χ1) is 18.8. The molecule has 0 fully saturated rings. The predicted octanol–water partition coefficient (Wildman–Crippen LogP) is 7.36. The van der Waals surface area contributed by atoms with Crippen molar-refractivity contribution in [3.8, 4) is 11.5 Å². The van der Waals surface area contributed by atoms with Crippen LogP contribution in [0.4, 0.5) is 5.69 Å². The zero-order chi connectivity index (χ0) is 28.0. The summed E-state index contributed by atoms with van der Waals surface area (Å²) in [6.45, 7) is 1.34. The van der Waals surface area contributed by atoms with E-state index in [0.717, 1.165) is 55.5 Å². The Hall–Kier alpha value is -3.22. The first-order valence-corrected chi connectivity index (χ1v) is 14.0. The summed E-state index contributed by atoms with van der Waals surface area (Å²) in [7, 11) is 4.00. The molecule has 0 atom stereocenters. The number of nitrogens with one attached hydrogen (secondary N) is 1. The Morgan fingerprint density at radius 2 is 1.36 bits per heavy atom. The first-order valence-electron chi connectivity index (χ1n) is 13.3. The van der Waals surface area contributed by atoms with E-state index < -0.39 is 5.97 Å². The lowest BCUT2D eigenvalue weighted by molar-refractivity contribution is -0.120. The summed E-state index contributed by atoms with van der Waals surface area (Å²) >= 11 is 12.1. The van der Waals surface area contributed by atoms with Crippen LogP contribution in [0.3, 0.4) is 0 Å². The van der Waals surface area contributed by atoms with Crippen LogP contribution in [0.25, 0.3) is 0 Å². The summed E-state index contributed by atoms with van der Waals surface area (Å²) in [6, 6.07) is 19.8. The van der Waals surface area contributed by atoms with Crippen molar-refractivity contribution in [1.29, 1.82) is 0 Å². The van der Waals surface area contributed by atoms with E-state index in [0.29, 0.717) is 25.3 Å². The number of rotatable bonds is 15. The van der Waals surface area contributed by atoms with Crippen molar-refractivity contribution >= 4 is 40.8 Å². The molecule has 208 valence electrons. The van der Waals surface area contributed by atoms with Gasteiger partial charge in [0.2, 0.25) is 5.91 Å². The van der Waals surface area contributed by atoms with Crippen molar-refractivity contribution < 1.29 is 19.1 Å². The molecule has 0 saturated carbocycles. The quantitative estimate of drug-likeness (QED) is 0.117. The van der Waals surface area contributed by atoms with Gasteiger partial charge in [0.15, 0.2) is 0 Å². The SMILES string of the molecule is CN(C)c1ccc(CC(=O)NCCCCCCCCOc2ccc(OC(=O)c3c(Cl)cccc3Cl)cc2)cc1. The lowest BCUT2D eigenvalue weighted by Crippen LogP contribution is -2.26. The van der Waals surface area contributed by atoms with E-state index in [2.05, 4.69) is 5.32 Å². The maximum atomic E-state index is 12.4. The van der Waals surface area contributed by atoms with Gasteiger partial charge in [0.05, 0.1) is 28.6 Å². The highest BCUT2D eigenvalue weighted by atomic mass is 35.5. The van der Waals surface area contributed by atoms with Crippen LogP contribution in [0.15, 0.2) is 66.7 Å². The second-order valence-corrected chi connectivity index (χ2v) is 10.3. The van der Waals surface area contributed by atoms with Crippen LogP contribution in [-0.4, -0.2) is 39.1 Å². The standard InChI is InChI=1S/C31H36Cl2N2O4/c1-35(2)24-14-12-23(13-15-24)22-29(36)34-20-7-5-3-4-6-8-21-38-25-16-18-26(19-17-25)39-31(37)30-27(32)10-9-11-28(30)33/h9-19H,3-8,20-22H2,1-2H3,(H,34,36). The molecule has 3 rings (SSSR count). The minimum absolute atomic E-state index is 0.0703. The number of amides is 1. The third-order valence-electron chi connectivity index (χ3n) is 6.18. The Labute approximate surface area is 241 Å². The van der Waals surface area contributed by atoms with Gasteiger partial charge in [-0.05, 0) is 66.9 Å². The summed E-state index contributed by atoms with van der Waals surface area (Å²) in [5.41, 5.74) is 2.30. The zero-order valence-corrected chi connectivity index (χ0v) is 24.1. The number of unbranched alkanes of at least 4 members (excludes halogenated alkanes) is 5. The molecule has 0 spiro atoms. The van der Waals surface area contributed by atoms with Gasteiger partial charge in [-0.3, -0.25) is 4.79 Å². The molecular formula is C31H36Cl2N2O4. The fraction of sp³-hybridized carbons (Fsp3) is 0.355. The molecule has 39 heavy (non-hydrogen) atoms. The molecule has 0 saturated heterocycles. The molecular weight excluding hydrogens is 535 g/mol. The van der Waals surface area contributed by atoms with Crippen LogP contribution >= 0.6 is 23.2 Å². The van der Waals surface area contributed by atoms with Crippen LogP contribution in [0.1, 0.15) is 54.4 Å². The van der Waals surface area contributed by atoms with Gasteiger partial charge in [0.1, 0.15) is 11.5 Å². The maximum Gasteiger partial charge on any atom is 0.346 e. The molecule has 0 aromatic heterocycles. The van der Waals surface area contributed by atoms with E-state index in [9.17, 15) is 9.59 Å². The topological polar surface area (TPSA) is 67.9 Å². The normalized spacial score (nSPS) is 10.7. The summed E-state index contributed by atoms with van der Waals surface area (Å²) in [6.07, 6.45) is 6.82. The lowest BCUT2D eigenvalue weighted by atomic mass is 10.1. The third kappa shape index (κ3) is 10.5. The molecule has 0 unspecified atom stereocenters. The number of benzene rings is 3. The number of esters is 1. The number of halogens is 2. The number of hydrogen-bond donors (Lipinski definition) is 1. The summed E-state index contributed by atoms with van der Waals surface area (Å²) in [5.74, 6) is 0.571. The van der Waals surface area contributed by atoms with Crippen molar-refractivity contribution in [2.75, 3.05) is 32.1 Å². The van der Waals surface area contributed by atoms with Gasteiger partial charge in [-0.15, -0.1) is 0 Å². The number of nitrogens with zero attached hydrogens (tertiary/aromatic N) is 1. The third-order valence-corrected chi connectivity index (χ3v) is 6.81. The van der Waals surface area contributed by atoms with Crippen LogP contribution < -0.4 is 19.7 Å². The van der Waals surface area contributed by atoms with Gasteiger partial charge in [0.25, 0.3) is 0 Å². The van der Waals surface area contributed by atoms with Crippen LogP contribution in [0, 0.1) is 0 Å². The fourth-order valence-corrected chi connectivity index (χ4v) is 4.52.